The van der Waals surface area contributed by atoms with E-state index < -0.39 is 0 Å². The fourth-order valence-corrected chi connectivity index (χ4v) is 3.44. The molecule has 5 aromatic rings. The normalized spacial score (nSPS) is 12.2. The highest BCUT2D eigenvalue weighted by Gasteiger charge is 2.21. The summed E-state index contributed by atoms with van der Waals surface area (Å²) < 4.78 is 12.4. The molecule has 0 aliphatic heterocycles. The minimum absolute atomic E-state index is 0.229. The van der Waals surface area contributed by atoms with Crippen molar-refractivity contribution in [3.05, 3.63) is 78.2 Å². The lowest BCUT2D eigenvalue weighted by Gasteiger charge is -2.15. The Morgan fingerprint density at radius 3 is 2.74 bits per heavy atom. The molecule has 1 N–H and O–H groups in total. The number of aryl methyl sites for hydroxylation is 1. The van der Waals surface area contributed by atoms with E-state index in [4.69, 9.17) is 8.94 Å². The van der Waals surface area contributed by atoms with Gasteiger partial charge in [0.1, 0.15) is 18.3 Å². The van der Waals surface area contributed by atoms with Gasteiger partial charge in [-0.3, -0.25) is 4.79 Å². The molecule has 31 heavy (non-hydrogen) atoms. The van der Waals surface area contributed by atoms with Crippen LogP contribution in [0.3, 0.4) is 0 Å². The Morgan fingerprint density at radius 2 is 2.03 bits per heavy atom. The summed E-state index contributed by atoms with van der Waals surface area (Å²) in [6.07, 6.45) is 4.67. The lowest BCUT2D eigenvalue weighted by atomic mass is 10.1. The summed E-state index contributed by atoms with van der Waals surface area (Å²) >= 11 is 0. The van der Waals surface area contributed by atoms with E-state index in [2.05, 4.69) is 25.5 Å². The van der Waals surface area contributed by atoms with Gasteiger partial charge < -0.3 is 14.3 Å². The fourth-order valence-electron chi connectivity index (χ4n) is 3.44. The summed E-state index contributed by atoms with van der Waals surface area (Å²) in [5.74, 6) is 0.293. The maximum atomic E-state index is 13.2. The molecule has 0 saturated heterocycles. The summed E-state index contributed by atoms with van der Waals surface area (Å²) in [5, 5.41) is 11.7. The standard InChI is InChI=1S/C22H18N6O3/c1-13(15-5-7-16(8-6-15)28-12-23-11-24-28)25-21(29)17-10-18(19-4-3-9-30-19)26-22-20(17)14(2)27-31-22/h3-13H,1-2H3,(H,25,29). The number of carbonyl (C=O) groups excluding carboxylic acids is 1. The van der Waals surface area contributed by atoms with Crippen molar-refractivity contribution in [1.29, 1.82) is 0 Å². The van der Waals surface area contributed by atoms with Crippen LogP contribution in [-0.2, 0) is 0 Å². The molecule has 1 aromatic carbocycles. The Kier molecular flexibility index (Phi) is 4.55. The van der Waals surface area contributed by atoms with E-state index >= 15 is 0 Å². The van der Waals surface area contributed by atoms with Crippen molar-refractivity contribution in [3.63, 3.8) is 0 Å². The highest BCUT2D eigenvalue weighted by Crippen LogP contribution is 2.28. The molecule has 1 amide bonds. The van der Waals surface area contributed by atoms with Gasteiger partial charge in [0.25, 0.3) is 11.6 Å². The number of pyridine rings is 1. The molecule has 4 aromatic heterocycles. The molecule has 9 heteroatoms. The Labute approximate surface area is 176 Å². The first-order chi connectivity index (χ1) is 15.1. The molecule has 4 heterocycles. The molecule has 0 aliphatic rings. The predicted molar refractivity (Wildman–Crippen MR) is 111 cm³/mol. The van der Waals surface area contributed by atoms with Crippen molar-refractivity contribution >= 4 is 17.0 Å². The Morgan fingerprint density at radius 1 is 1.19 bits per heavy atom. The van der Waals surface area contributed by atoms with E-state index in [0.717, 1.165) is 11.3 Å². The van der Waals surface area contributed by atoms with Crippen molar-refractivity contribution in [2.24, 2.45) is 0 Å². The molecule has 1 unspecified atom stereocenters. The molecule has 0 spiro atoms. The average molecular weight is 414 g/mol. The quantitative estimate of drug-likeness (QED) is 0.465. The zero-order valence-electron chi connectivity index (χ0n) is 16.8. The number of aromatic nitrogens is 5. The topological polar surface area (TPSA) is 112 Å². The Bertz CT molecular complexity index is 1340. The van der Waals surface area contributed by atoms with Gasteiger partial charge in [-0.1, -0.05) is 17.3 Å². The third-order valence-corrected chi connectivity index (χ3v) is 5.06. The highest BCUT2D eigenvalue weighted by molar-refractivity contribution is 6.07. The van der Waals surface area contributed by atoms with E-state index in [1.807, 2.05) is 31.2 Å². The summed E-state index contributed by atoms with van der Waals surface area (Å²) in [6, 6.07) is 12.8. The second kappa shape index (κ2) is 7.52. The van der Waals surface area contributed by atoms with Gasteiger partial charge in [0.05, 0.1) is 34.6 Å². The van der Waals surface area contributed by atoms with Crippen molar-refractivity contribution < 1.29 is 13.7 Å². The first-order valence-corrected chi connectivity index (χ1v) is 9.67. The lowest BCUT2D eigenvalue weighted by Crippen LogP contribution is -2.27. The van der Waals surface area contributed by atoms with Crippen LogP contribution in [0.15, 0.2) is 70.3 Å². The summed E-state index contributed by atoms with van der Waals surface area (Å²) in [6.45, 7) is 3.71. The SMILES string of the molecule is Cc1noc2nc(-c3ccco3)cc(C(=O)NC(C)c3ccc(-n4cncn4)cc3)c12. The maximum absolute atomic E-state index is 13.2. The lowest BCUT2D eigenvalue weighted by molar-refractivity contribution is 0.0941. The van der Waals surface area contributed by atoms with Crippen LogP contribution >= 0.6 is 0 Å². The number of fused-ring (bicyclic) bond motifs is 1. The van der Waals surface area contributed by atoms with Crippen LogP contribution in [0.25, 0.3) is 28.2 Å². The molecule has 9 nitrogen and oxygen atoms in total. The van der Waals surface area contributed by atoms with E-state index in [1.54, 1.807) is 42.4 Å². The fraction of sp³-hybridized carbons (Fsp3) is 0.136. The number of nitrogens with one attached hydrogen (secondary N) is 1. The van der Waals surface area contributed by atoms with Gasteiger partial charge in [-0.25, -0.2) is 14.6 Å². The van der Waals surface area contributed by atoms with Gasteiger partial charge in [-0.05, 0) is 49.7 Å². The molecule has 0 radical (unpaired) electrons. The highest BCUT2D eigenvalue weighted by atomic mass is 16.5. The predicted octanol–water partition coefficient (Wildman–Crippen LogP) is 3.86. The largest absolute Gasteiger partial charge is 0.463 e. The maximum Gasteiger partial charge on any atom is 0.259 e. The second-order valence-electron chi connectivity index (χ2n) is 7.11. The van der Waals surface area contributed by atoms with Crippen molar-refractivity contribution in [1.82, 2.24) is 30.2 Å². The van der Waals surface area contributed by atoms with Crippen LogP contribution in [0.4, 0.5) is 0 Å². The zero-order valence-corrected chi connectivity index (χ0v) is 16.8. The van der Waals surface area contributed by atoms with Crippen molar-refractivity contribution in [2.75, 3.05) is 0 Å². The van der Waals surface area contributed by atoms with Crippen LogP contribution in [0, 0.1) is 6.92 Å². The number of carbonyl (C=O) groups is 1. The van der Waals surface area contributed by atoms with E-state index in [-0.39, 0.29) is 11.9 Å². The monoisotopic (exact) mass is 414 g/mol. The number of furan rings is 1. The van der Waals surface area contributed by atoms with Gasteiger partial charge >= 0.3 is 0 Å². The summed E-state index contributed by atoms with van der Waals surface area (Å²) in [7, 11) is 0. The minimum atomic E-state index is -0.251. The molecule has 0 bridgehead atoms. The number of nitrogens with zero attached hydrogens (tertiary/aromatic N) is 5. The molecule has 0 saturated carbocycles. The molecular weight excluding hydrogens is 396 g/mol. The third-order valence-electron chi connectivity index (χ3n) is 5.06. The second-order valence-corrected chi connectivity index (χ2v) is 7.11. The van der Waals surface area contributed by atoms with E-state index in [9.17, 15) is 4.79 Å². The van der Waals surface area contributed by atoms with Crippen LogP contribution in [0.2, 0.25) is 0 Å². The first-order valence-electron chi connectivity index (χ1n) is 9.67. The zero-order chi connectivity index (χ0) is 21.4. The molecule has 1 atom stereocenters. The molecular formula is C22H18N6O3. The molecule has 0 fully saturated rings. The Hall–Kier alpha value is -4.27. The number of hydrogen-bond donors (Lipinski definition) is 1. The number of rotatable bonds is 5. The summed E-state index contributed by atoms with van der Waals surface area (Å²) in [4.78, 5) is 21.6. The Balaban J connectivity index is 1.44. The minimum Gasteiger partial charge on any atom is -0.463 e. The van der Waals surface area contributed by atoms with Gasteiger partial charge in [0, 0.05) is 0 Å². The number of hydrogen-bond acceptors (Lipinski definition) is 7. The smallest absolute Gasteiger partial charge is 0.259 e. The van der Waals surface area contributed by atoms with Crippen molar-refractivity contribution in [3.8, 4) is 17.1 Å². The van der Waals surface area contributed by atoms with Crippen molar-refractivity contribution in [2.45, 2.75) is 19.9 Å². The first kappa shape index (κ1) is 18.7. The number of amides is 1. The van der Waals surface area contributed by atoms with Crippen LogP contribution < -0.4 is 5.32 Å². The average Bonchev–Trinajstić information content (AvgIpc) is 3.56. The molecule has 0 aliphatic carbocycles. The van der Waals surface area contributed by atoms with Gasteiger partial charge in [-0.15, -0.1) is 0 Å². The van der Waals surface area contributed by atoms with Crippen LogP contribution in [-0.4, -0.2) is 30.8 Å². The van der Waals surface area contributed by atoms with Gasteiger partial charge in [0.15, 0.2) is 5.76 Å². The molecule has 5 rings (SSSR count). The number of benzene rings is 1. The summed E-state index contributed by atoms with van der Waals surface area (Å²) in [5.41, 5.74) is 3.67. The van der Waals surface area contributed by atoms with E-state index in [1.165, 1.54) is 6.33 Å². The van der Waals surface area contributed by atoms with Gasteiger partial charge in [0.2, 0.25) is 0 Å². The van der Waals surface area contributed by atoms with Crippen LogP contribution in [0.5, 0.6) is 0 Å². The van der Waals surface area contributed by atoms with Gasteiger partial charge in [-0.2, -0.15) is 5.10 Å². The van der Waals surface area contributed by atoms with Crippen LogP contribution in [0.1, 0.15) is 34.6 Å². The molecule has 154 valence electrons. The third kappa shape index (κ3) is 3.46. The van der Waals surface area contributed by atoms with E-state index in [0.29, 0.717) is 33.8 Å².